The average molecular weight is 264 g/mol. The summed E-state index contributed by atoms with van der Waals surface area (Å²) in [6.07, 6.45) is 1.93. The predicted molar refractivity (Wildman–Crippen MR) is 73.6 cm³/mol. The van der Waals surface area contributed by atoms with E-state index < -0.39 is 0 Å². The summed E-state index contributed by atoms with van der Waals surface area (Å²) < 4.78 is 0. The van der Waals surface area contributed by atoms with Gasteiger partial charge in [0.2, 0.25) is 0 Å². The molecule has 0 aliphatic carbocycles. The zero-order chi connectivity index (χ0) is 12.0. The Labute approximate surface area is 107 Å². The summed E-state index contributed by atoms with van der Waals surface area (Å²) >= 11 is 7.63. The monoisotopic (exact) mass is 263 g/mol. The number of nitrogens with zero attached hydrogens (tertiary/aromatic N) is 1. The quantitative estimate of drug-likeness (QED) is 0.701. The Morgan fingerprint density at radius 3 is 2.94 bits per heavy atom. The summed E-state index contributed by atoms with van der Waals surface area (Å²) in [5.74, 6) is 0. The van der Waals surface area contributed by atoms with Crippen LogP contribution >= 0.6 is 22.9 Å². The summed E-state index contributed by atoms with van der Waals surface area (Å²) in [6, 6.07) is 5.83. The first-order chi connectivity index (χ1) is 8.16. The van der Waals surface area contributed by atoms with E-state index >= 15 is 0 Å². The fraction of sp³-hybridized carbons (Fsp3) is 0.0833. The highest BCUT2D eigenvalue weighted by Gasteiger charge is 2.13. The number of H-pyrrole nitrogens is 1. The first-order valence-corrected chi connectivity index (χ1v) is 6.35. The van der Waals surface area contributed by atoms with Crippen molar-refractivity contribution in [1.82, 2.24) is 9.97 Å². The number of nitrogens with one attached hydrogen (secondary N) is 1. The zero-order valence-electron chi connectivity index (χ0n) is 9.12. The number of aromatic nitrogens is 2. The van der Waals surface area contributed by atoms with Gasteiger partial charge in [-0.1, -0.05) is 23.7 Å². The lowest BCUT2D eigenvalue weighted by molar-refractivity contribution is 1.38. The maximum Gasteiger partial charge on any atom is 0.180 e. The van der Waals surface area contributed by atoms with Crippen LogP contribution in [0.25, 0.3) is 22.2 Å². The highest BCUT2D eigenvalue weighted by Crippen LogP contribution is 2.35. The molecule has 86 valence electrons. The van der Waals surface area contributed by atoms with Gasteiger partial charge in [-0.25, -0.2) is 4.98 Å². The molecule has 0 atom stereocenters. The van der Waals surface area contributed by atoms with E-state index in [9.17, 15) is 0 Å². The number of aryl methyl sites for hydroxylation is 1. The third-order valence-corrected chi connectivity index (χ3v) is 3.85. The normalized spacial score (nSPS) is 11.2. The number of nitrogens with two attached hydrogens (primary N) is 1. The highest BCUT2D eigenvalue weighted by molar-refractivity contribution is 7.15. The van der Waals surface area contributed by atoms with Gasteiger partial charge in [-0.3, -0.25) is 0 Å². The van der Waals surface area contributed by atoms with Crippen LogP contribution in [-0.2, 0) is 0 Å². The largest absolute Gasteiger partial charge is 0.375 e. The van der Waals surface area contributed by atoms with Crippen molar-refractivity contribution in [3.8, 4) is 11.3 Å². The number of benzene rings is 1. The van der Waals surface area contributed by atoms with Crippen molar-refractivity contribution in [2.24, 2.45) is 0 Å². The second-order valence-corrected chi connectivity index (χ2v) is 5.46. The van der Waals surface area contributed by atoms with Crippen LogP contribution in [0, 0.1) is 6.92 Å². The molecule has 2 heterocycles. The number of para-hydroxylation sites is 1. The molecule has 0 fully saturated rings. The molecule has 0 radical (unpaired) electrons. The summed E-state index contributed by atoms with van der Waals surface area (Å²) in [6.45, 7) is 2.02. The van der Waals surface area contributed by atoms with E-state index in [1.807, 2.05) is 31.3 Å². The van der Waals surface area contributed by atoms with Gasteiger partial charge in [-0.15, -0.1) is 11.3 Å². The molecule has 3 nitrogen and oxygen atoms in total. The van der Waals surface area contributed by atoms with Gasteiger partial charge < -0.3 is 10.7 Å². The second kappa shape index (κ2) is 3.75. The smallest absolute Gasteiger partial charge is 0.180 e. The van der Waals surface area contributed by atoms with Crippen LogP contribution in [0.4, 0.5) is 5.13 Å². The molecular weight excluding hydrogens is 254 g/mol. The molecule has 0 saturated carbocycles. The van der Waals surface area contributed by atoms with Gasteiger partial charge in [0.25, 0.3) is 0 Å². The Hall–Kier alpha value is -1.52. The van der Waals surface area contributed by atoms with Crippen LogP contribution in [0.1, 0.15) is 4.88 Å². The van der Waals surface area contributed by atoms with E-state index in [4.69, 9.17) is 17.3 Å². The zero-order valence-corrected chi connectivity index (χ0v) is 10.7. The van der Waals surface area contributed by atoms with E-state index in [-0.39, 0.29) is 0 Å². The summed E-state index contributed by atoms with van der Waals surface area (Å²) in [4.78, 5) is 8.66. The molecule has 0 aliphatic heterocycles. The van der Waals surface area contributed by atoms with Crippen molar-refractivity contribution in [2.45, 2.75) is 6.92 Å². The predicted octanol–water partition coefficient (Wildman–Crippen LogP) is 3.84. The van der Waals surface area contributed by atoms with E-state index in [0.29, 0.717) is 5.13 Å². The number of aromatic amines is 1. The molecular formula is C12H10ClN3S. The van der Waals surface area contributed by atoms with Crippen LogP contribution < -0.4 is 5.73 Å². The SMILES string of the molecule is Cc1sc(N)nc1-c1c[nH]c2c(Cl)cccc12. The Bertz CT molecular complexity index is 699. The molecule has 3 N–H and O–H groups in total. The first-order valence-electron chi connectivity index (χ1n) is 5.15. The molecule has 0 amide bonds. The molecule has 0 spiro atoms. The number of rotatable bonds is 1. The maximum atomic E-state index is 6.13. The number of hydrogen-bond donors (Lipinski definition) is 2. The summed E-state index contributed by atoms with van der Waals surface area (Å²) in [5, 5.41) is 2.38. The minimum absolute atomic E-state index is 0.592. The lowest BCUT2D eigenvalue weighted by atomic mass is 10.1. The molecule has 3 aromatic rings. The number of fused-ring (bicyclic) bond motifs is 1. The summed E-state index contributed by atoms with van der Waals surface area (Å²) in [5.41, 5.74) is 8.65. The van der Waals surface area contributed by atoms with Gasteiger partial charge in [-0.2, -0.15) is 0 Å². The lowest BCUT2D eigenvalue weighted by Gasteiger charge is -1.97. The van der Waals surface area contributed by atoms with Crippen molar-refractivity contribution in [2.75, 3.05) is 5.73 Å². The molecule has 3 rings (SSSR count). The van der Waals surface area contributed by atoms with Crippen molar-refractivity contribution < 1.29 is 0 Å². The number of anilines is 1. The van der Waals surface area contributed by atoms with Crippen molar-refractivity contribution >= 4 is 39.0 Å². The van der Waals surface area contributed by atoms with Gasteiger partial charge in [0.05, 0.1) is 16.2 Å². The third kappa shape index (κ3) is 1.61. The minimum Gasteiger partial charge on any atom is -0.375 e. The van der Waals surface area contributed by atoms with Crippen LogP contribution in [0.2, 0.25) is 5.02 Å². The Kier molecular flexibility index (Phi) is 2.34. The lowest BCUT2D eigenvalue weighted by Crippen LogP contribution is -1.82. The average Bonchev–Trinajstić information content (AvgIpc) is 2.83. The Morgan fingerprint density at radius 2 is 2.24 bits per heavy atom. The molecule has 0 unspecified atom stereocenters. The van der Waals surface area contributed by atoms with E-state index in [0.717, 1.165) is 32.1 Å². The third-order valence-electron chi connectivity index (χ3n) is 2.73. The summed E-state index contributed by atoms with van der Waals surface area (Å²) in [7, 11) is 0. The van der Waals surface area contributed by atoms with Crippen LogP contribution in [-0.4, -0.2) is 9.97 Å². The van der Waals surface area contributed by atoms with E-state index in [1.165, 1.54) is 11.3 Å². The number of hydrogen-bond acceptors (Lipinski definition) is 3. The minimum atomic E-state index is 0.592. The van der Waals surface area contributed by atoms with Crippen LogP contribution in [0.15, 0.2) is 24.4 Å². The van der Waals surface area contributed by atoms with Crippen molar-refractivity contribution in [3.05, 3.63) is 34.3 Å². The van der Waals surface area contributed by atoms with Crippen LogP contribution in [0.5, 0.6) is 0 Å². The van der Waals surface area contributed by atoms with Gasteiger partial charge in [0.15, 0.2) is 5.13 Å². The maximum absolute atomic E-state index is 6.13. The standard InChI is InChI=1S/C12H10ClN3S/c1-6-10(16-12(14)17-6)8-5-15-11-7(8)3-2-4-9(11)13/h2-5,15H,1H3,(H2,14,16). The molecule has 2 aromatic heterocycles. The number of thiazole rings is 1. The molecule has 0 bridgehead atoms. The highest BCUT2D eigenvalue weighted by atomic mass is 35.5. The van der Waals surface area contributed by atoms with Crippen molar-refractivity contribution in [1.29, 1.82) is 0 Å². The Balaban J connectivity index is 2.32. The topological polar surface area (TPSA) is 54.7 Å². The van der Waals surface area contributed by atoms with Gasteiger partial charge in [0, 0.05) is 22.0 Å². The molecule has 1 aromatic carbocycles. The van der Waals surface area contributed by atoms with Crippen LogP contribution in [0.3, 0.4) is 0 Å². The van der Waals surface area contributed by atoms with E-state index in [2.05, 4.69) is 9.97 Å². The second-order valence-electron chi connectivity index (χ2n) is 3.82. The fourth-order valence-electron chi connectivity index (χ4n) is 1.98. The molecule has 0 aliphatic rings. The van der Waals surface area contributed by atoms with Gasteiger partial charge in [0.1, 0.15) is 0 Å². The van der Waals surface area contributed by atoms with Crippen molar-refractivity contribution in [3.63, 3.8) is 0 Å². The van der Waals surface area contributed by atoms with Gasteiger partial charge >= 0.3 is 0 Å². The Morgan fingerprint density at radius 1 is 1.41 bits per heavy atom. The van der Waals surface area contributed by atoms with E-state index in [1.54, 1.807) is 0 Å². The number of halogens is 1. The molecule has 5 heteroatoms. The first kappa shape index (κ1) is 10.6. The van der Waals surface area contributed by atoms with Gasteiger partial charge in [-0.05, 0) is 13.0 Å². The fourth-order valence-corrected chi connectivity index (χ4v) is 2.91. The molecule has 0 saturated heterocycles. The number of nitrogen functional groups attached to an aromatic ring is 1. The molecule has 17 heavy (non-hydrogen) atoms.